The predicted molar refractivity (Wildman–Crippen MR) is 112 cm³/mol. The summed E-state index contributed by atoms with van der Waals surface area (Å²) in [6, 6.07) is 14.3. The van der Waals surface area contributed by atoms with Crippen LogP contribution in [0.25, 0.3) is 5.76 Å². The van der Waals surface area contributed by atoms with Crippen LogP contribution in [-0.2, 0) is 16.1 Å². The Kier molecular flexibility index (Phi) is 4.29. The van der Waals surface area contributed by atoms with Crippen molar-refractivity contribution in [2.45, 2.75) is 25.7 Å². The molecule has 2 atom stereocenters. The molecule has 3 heterocycles. The van der Waals surface area contributed by atoms with Gasteiger partial charge in [-0.2, -0.15) is 0 Å². The zero-order chi connectivity index (χ0) is 21.0. The molecule has 30 heavy (non-hydrogen) atoms. The number of amides is 3. The highest BCUT2D eigenvalue weighted by atomic mass is 35.5. The standard InChI is InChI=1S/C22H19ClN4O3/c1-13-5-3-4-6-15(13)11-27-20(28)18-19(25(2)22(27)29)24-21-26(18)12-17(30-21)14-7-9-16(23)10-8-14/h3-10,12,18-19H,11H2,1-2H3. The minimum absolute atomic E-state index is 0.218. The number of rotatable bonds is 3. The number of imide groups is 1. The van der Waals surface area contributed by atoms with Crippen molar-refractivity contribution in [1.82, 2.24) is 14.7 Å². The van der Waals surface area contributed by atoms with Gasteiger partial charge in [0.2, 0.25) is 0 Å². The molecule has 0 spiro atoms. The van der Waals surface area contributed by atoms with Crippen molar-refractivity contribution in [1.29, 1.82) is 0 Å². The van der Waals surface area contributed by atoms with Crippen LogP contribution in [0.2, 0.25) is 5.02 Å². The first-order valence-corrected chi connectivity index (χ1v) is 9.96. The molecular formula is C22H19ClN4O3. The average molecular weight is 423 g/mol. The molecule has 0 saturated carbocycles. The van der Waals surface area contributed by atoms with Crippen molar-refractivity contribution in [3.05, 3.63) is 76.4 Å². The SMILES string of the molecule is Cc1ccccc1CN1C(=O)C2C(N=C3OC(c4ccc(Cl)cc4)=CN32)N(C)C1=O. The van der Waals surface area contributed by atoms with E-state index in [0.29, 0.717) is 16.8 Å². The second kappa shape index (κ2) is 6.88. The van der Waals surface area contributed by atoms with Crippen LogP contribution < -0.4 is 0 Å². The summed E-state index contributed by atoms with van der Waals surface area (Å²) in [6.45, 7) is 2.18. The number of hydrogen-bond donors (Lipinski definition) is 0. The molecule has 3 aliphatic heterocycles. The summed E-state index contributed by atoms with van der Waals surface area (Å²) in [5.41, 5.74) is 2.79. The molecule has 3 amide bonds. The maximum absolute atomic E-state index is 13.4. The van der Waals surface area contributed by atoms with Crippen LogP contribution in [0.3, 0.4) is 0 Å². The quantitative estimate of drug-likeness (QED) is 0.760. The van der Waals surface area contributed by atoms with Gasteiger partial charge in [-0.05, 0) is 42.3 Å². The first-order valence-electron chi connectivity index (χ1n) is 9.58. The second-order valence-electron chi connectivity index (χ2n) is 7.52. The number of carbonyl (C=O) groups excluding carboxylic acids is 2. The molecule has 2 unspecified atom stereocenters. The number of benzene rings is 2. The first-order chi connectivity index (χ1) is 14.4. The van der Waals surface area contributed by atoms with Gasteiger partial charge in [0, 0.05) is 17.6 Å². The van der Waals surface area contributed by atoms with Crippen LogP contribution >= 0.6 is 11.6 Å². The number of fused-ring (bicyclic) bond motifs is 3. The molecular weight excluding hydrogens is 404 g/mol. The number of urea groups is 1. The first kappa shape index (κ1) is 18.7. The Hall–Kier alpha value is -3.32. The van der Waals surface area contributed by atoms with Crippen LogP contribution in [0.15, 0.2) is 59.7 Å². The van der Waals surface area contributed by atoms with Gasteiger partial charge < -0.3 is 9.64 Å². The van der Waals surface area contributed by atoms with Gasteiger partial charge >= 0.3 is 6.03 Å². The zero-order valence-electron chi connectivity index (χ0n) is 16.4. The smallest absolute Gasteiger partial charge is 0.328 e. The van der Waals surface area contributed by atoms with Gasteiger partial charge in [-0.25, -0.2) is 9.79 Å². The minimum Gasteiger partial charge on any atom is -0.423 e. The fourth-order valence-corrected chi connectivity index (χ4v) is 4.06. The van der Waals surface area contributed by atoms with Gasteiger partial charge in [0.25, 0.3) is 11.9 Å². The molecule has 1 fully saturated rings. The lowest BCUT2D eigenvalue weighted by Gasteiger charge is -2.40. The van der Waals surface area contributed by atoms with Crippen LogP contribution in [0.4, 0.5) is 4.79 Å². The number of likely N-dealkylation sites (N-methyl/N-ethyl adjacent to an activating group) is 1. The molecule has 2 aromatic carbocycles. The number of halogens is 1. The van der Waals surface area contributed by atoms with E-state index in [-0.39, 0.29) is 18.5 Å². The maximum atomic E-state index is 13.4. The summed E-state index contributed by atoms with van der Waals surface area (Å²) < 4.78 is 5.89. The zero-order valence-corrected chi connectivity index (χ0v) is 17.2. The van der Waals surface area contributed by atoms with E-state index in [0.717, 1.165) is 16.7 Å². The minimum atomic E-state index is -0.656. The Morgan fingerprint density at radius 3 is 2.57 bits per heavy atom. The summed E-state index contributed by atoms with van der Waals surface area (Å²) in [5, 5.41) is 0.629. The molecule has 152 valence electrons. The molecule has 7 nitrogen and oxygen atoms in total. The molecule has 3 aliphatic rings. The predicted octanol–water partition coefficient (Wildman–Crippen LogP) is 3.44. The number of nitrogens with zero attached hydrogens (tertiary/aromatic N) is 4. The van der Waals surface area contributed by atoms with Crippen LogP contribution in [-0.4, -0.2) is 51.9 Å². The van der Waals surface area contributed by atoms with Gasteiger partial charge in [0.1, 0.15) is 0 Å². The molecule has 0 N–H and O–H groups in total. The molecule has 0 aromatic heterocycles. The number of aryl methyl sites for hydroxylation is 1. The van der Waals surface area contributed by atoms with Gasteiger partial charge in [-0.1, -0.05) is 35.9 Å². The number of carbonyl (C=O) groups is 2. The number of ether oxygens (including phenoxy) is 1. The summed E-state index contributed by atoms with van der Waals surface area (Å²) in [6.07, 6.45) is 1.15. The third-order valence-electron chi connectivity index (χ3n) is 5.67. The molecule has 0 aliphatic carbocycles. The Morgan fingerprint density at radius 1 is 1.10 bits per heavy atom. The van der Waals surface area contributed by atoms with Crippen molar-refractivity contribution in [3.8, 4) is 0 Å². The van der Waals surface area contributed by atoms with Crippen molar-refractivity contribution in [2.24, 2.45) is 4.99 Å². The summed E-state index contributed by atoms with van der Waals surface area (Å²) in [5.74, 6) is 0.295. The van der Waals surface area contributed by atoms with Crippen molar-refractivity contribution in [2.75, 3.05) is 7.05 Å². The Morgan fingerprint density at radius 2 is 1.83 bits per heavy atom. The largest absolute Gasteiger partial charge is 0.423 e. The van der Waals surface area contributed by atoms with Crippen LogP contribution in [0.5, 0.6) is 0 Å². The van der Waals surface area contributed by atoms with Gasteiger partial charge in [0.15, 0.2) is 18.0 Å². The van der Waals surface area contributed by atoms with Gasteiger partial charge in [0.05, 0.1) is 12.7 Å². The fourth-order valence-electron chi connectivity index (χ4n) is 3.93. The Bertz CT molecular complexity index is 1110. The van der Waals surface area contributed by atoms with E-state index >= 15 is 0 Å². The van der Waals surface area contributed by atoms with E-state index in [1.807, 2.05) is 43.3 Å². The van der Waals surface area contributed by atoms with E-state index in [4.69, 9.17) is 16.3 Å². The lowest BCUT2D eigenvalue weighted by Crippen LogP contribution is -2.63. The van der Waals surface area contributed by atoms with E-state index < -0.39 is 12.2 Å². The summed E-state index contributed by atoms with van der Waals surface area (Å²) in [7, 11) is 1.66. The monoisotopic (exact) mass is 422 g/mol. The van der Waals surface area contributed by atoms with E-state index in [1.54, 1.807) is 30.3 Å². The number of aliphatic imine (C=N–C) groups is 1. The normalized spacial score (nSPS) is 22.6. The fraction of sp³-hybridized carbons (Fsp3) is 0.227. The molecule has 0 radical (unpaired) electrons. The van der Waals surface area contributed by atoms with Crippen molar-refractivity contribution < 1.29 is 14.3 Å². The highest BCUT2D eigenvalue weighted by molar-refractivity contribution is 6.30. The van der Waals surface area contributed by atoms with Crippen molar-refractivity contribution >= 4 is 35.3 Å². The highest BCUT2D eigenvalue weighted by Crippen LogP contribution is 2.36. The lowest BCUT2D eigenvalue weighted by atomic mass is 10.1. The van der Waals surface area contributed by atoms with Crippen molar-refractivity contribution in [3.63, 3.8) is 0 Å². The highest BCUT2D eigenvalue weighted by Gasteiger charge is 2.54. The molecule has 8 heteroatoms. The average Bonchev–Trinajstić information content (AvgIpc) is 3.29. The summed E-state index contributed by atoms with van der Waals surface area (Å²) in [4.78, 5) is 35.3. The summed E-state index contributed by atoms with van der Waals surface area (Å²) >= 11 is 5.97. The second-order valence-corrected chi connectivity index (χ2v) is 7.96. The maximum Gasteiger partial charge on any atom is 0.328 e. The van der Waals surface area contributed by atoms with E-state index in [2.05, 4.69) is 4.99 Å². The molecule has 1 saturated heterocycles. The van der Waals surface area contributed by atoms with Gasteiger partial charge in [-0.3, -0.25) is 14.6 Å². The Labute approximate surface area is 178 Å². The molecule has 5 rings (SSSR count). The molecule has 0 bridgehead atoms. The third kappa shape index (κ3) is 2.85. The van der Waals surface area contributed by atoms with E-state index in [1.165, 1.54) is 9.80 Å². The van der Waals surface area contributed by atoms with E-state index in [9.17, 15) is 9.59 Å². The Balaban J connectivity index is 1.45. The van der Waals surface area contributed by atoms with Crippen LogP contribution in [0.1, 0.15) is 16.7 Å². The number of hydrogen-bond acceptors (Lipinski definition) is 5. The molecule has 2 aromatic rings. The van der Waals surface area contributed by atoms with Crippen LogP contribution in [0, 0.1) is 6.92 Å². The van der Waals surface area contributed by atoms with Gasteiger partial charge in [-0.15, -0.1) is 0 Å². The topological polar surface area (TPSA) is 65.5 Å². The number of amidine groups is 1. The third-order valence-corrected chi connectivity index (χ3v) is 5.92. The lowest BCUT2D eigenvalue weighted by molar-refractivity contribution is -0.137.